The Balaban J connectivity index is 2.05. The summed E-state index contributed by atoms with van der Waals surface area (Å²) in [5.74, 6) is -0.303. The molecular weight excluding hydrogens is 288 g/mol. The zero-order valence-corrected chi connectivity index (χ0v) is 13.6. The molecule has 0 aliphatic heterocycles. The van der Waals surface area contributed by atoms with E-state index in [2.05, 4.69) is 17.6 Å². The van der Waals surface area contributed by atoms with Gasteiger partial charge in [-0.3, -0.25) is 9.59 Å². The largest absolute Gasteiger partial charge is 0.352 e. The molecule has 4 nitrogen and oxygen atoms in total. The molecule has 2 amide bonds. The summed E-state index contributed by atoms with van der Waals surface area (Å²) in [6.45, 7) is 4.68. The number of carbonyl (C=O) groups is 2. The molecule has 0 saturated heterocycles. The molecule has 0 saturated carbocycles. The lowest BCUT2D eigenvalue weighted by Crippen LogP contribution is -2.24. The number of hydrogen-bond donors (Lipinski definition) is 2. The fourth-order valence-electron chi connectivity index (χ4n) is 2.21. The molecule has 23 heavy (non-hydrogen) atoms. The van der Waals surface area contributed by atoms with Crippen molar-refractivity contribution in [3.8, 4) is 0 Å². The zero-order chi connectivity index (χ0) is 16.7. The number of unbranched alkanes of at least 4 members (excludes halogenated alkanes) is 1. The van der Waals surface area contributed by atoms with E-state index < -0.39 is 0 Å². The molecule has 0 unspecified atom stereocenters. The molecule has 0 bridgehead atoms. The number of aryl methyl sites for hydroxylation is 1. The lowest BCUT2D eigenvalue weighted by molar-refractivity contribution is 0.0951. The van der Waals surface area contributed by atoms with Crippen LogP contribution in [0.3, 0.4) is 0 Å². The van der Waals surface area contributed by atoms with E-state index in [9.17, 15) is 9.59 Å². The van der Waals surface area contributed by atoms with Gasteiger partial charge in [0.1, 0.15) is 0 Å². The van der Waals surface area contributed by atoms with E-state index in [-0.39, 0.29) is 11.8 Å². The zero-order valence-electron chi connectivity index (χ0n) is 13.6. The summed E-state index contributed by atoms with van der Waals surface area (Å²) in [5.41, 5.74) is 2.78. The number of hydrogen-bond acceptors (Lipinski definition) is 2. The van der Waals surface area contributed by atoms with E-state index in [4.69, 9.17) is 0 Å². The highest BCUT2D eigenvalue weighted by Crippen LogP contribution is 2.13. The van der Waals surface area contributed by atoms with Gasteiger partial charge in [-0.1, -0.05) is 37.1 Å². The fraction of sp³-hybridized carbons (Fsp3) is 0.263. The van der Waals surface area contributed by atoms with Gasteiger partial charge in [0.2, 0.25) is 0 Å². The summed E-state index contributed by atoms with van der Waals surface area (Å²) in [5, 5.41) is 5.70. The number of rotatable bonds is 6. The first-order valence-corrected chi connectivity index (χ1v) is 7.86. The average Bonchev–Trinajstić information content (AvgIpc) is 2.55. The van der Waals surface area contributed by atoms with Crippen LogP contribution in [0.5, 0.6) is 0 Å². The van der Waals surface area contributed by atoms with E-state index >= 15 is 0 Å². The predicted molar refractivity (Wildman–Crippen MR) is 92.8 cm³/mol. The second-order valence-corrected chi connectivity index (χ2v) is 5.51. The Morgan fingerprint density at radius 3 is 2.35 bits per heavy atom. The Morgan fingerprint density at radius 2 is 1.65 bits per heavy atom. The molecule has 2 aromatic rings. The third kappa shape index (κ3) is 4.95. The van der Waals surface area contributed by atoms with Gasteiger partial charge in [-0.25, -0.2) is 0 Å². The Kier molecular flexibility index (Phi) is 5.92. The van der Waals surface area contributed by atoms with Gasteiger partial charge in [-0.2, -0.15) is 0 Å². The molecule has 4 heteroatoms. The number of benzene rings is 2. The first kappa shape index (κ1) is 16.7. The minimum absolute atomic E-state index is 0.120. The van der Waals surface area contributed by atoms with Gasteiger partial charge in [-0.05, 0) is 43.7 Å². The topological polar surface area (TPSA) is 58.2 Å². The summed E-state index contributed by atoms with van der Waals surface area (Å²) < 4.78 is 0. The van der Waals surface area contributed by atoms with Gasteiger partial charge in [0.25, 0.3) is 11.8 Å². The van der Waals surface area contributed by atoms with Crippen molar-refractivity contribution in [2.24, 2.45) is 0 Å². The van der Waals surface area contributed by atoms with Crippen LogP contribution in [0.1, 0.15) is 46.0 Å². The maximum atomic E-state index is 12.2. The van der Waals surface area contributed by atoms with Crippen LogP contribution in [0, 0.1) is 6.92 Å². The van der Waals surface area contributed by atoms with Gasteiger partial charge >= 0.3 is 0 Å². The lowest BCUT2D eigenvalue weighted by atomic mass is 10.1. The van der Waals surface area contributed by atoms with Crippen molar-refractivity contribution in [2.45, 2.75) is 26.7 Å². The van der Waals surface area contributed by atoms with Gasteiger partial charge in [0.15, 0.2) is 0 Å². The molecule has 0 aromatic heterocycles. The Morgan fingerprint density at radius 1 is 0.957 bits per heavy atom. The van der Waals surface area contributed by atoms with E-state index in [0.717, 1.165) is 18.4 Å². The van der Waals surface area contributed by atoms with Crippen molar-refractivity contribution in [1.29, 1.82) is 0 Å². The highest BCUT2D eigenvalue weighted by atomic mass is 16.2. The van der Waals surface area contributed by atoms with Crippen molar-refractivity contribution in [3.05, 3.63) is 65.2 Å². The third-order valence-electron chi connectivity index (χ3n) is 3.48. The monoisotopic (exact) mass is 310 g/mol. The predicted octanol–water partition coefficient (Wildman–Crippen LogP) is 3.78. The van der Waals surface area contributed by atoms with Crippen LogP contribution in [0.2, 0.25) is 0 Å². The summed E-state index contributed by atoms with van der Waals surface area (Å²) in [7, 11) is 0. The molecule has 2 rings (SSSR count). The second kappa shape index (κ2) is 8.13. The summed E-state index contributed by atoms with van der Waals surface area (Å²) in [4.78, 5) is 24.3. The molecule has 0 fully saturated rings. The van der Waals surface area contributed by atoms with Crippen molar-refractivity contribution in [1.82, 2.24) is 5.32 Å². The molecule has 2 N–H and O–H groups in total. The van der Waals surface area contributed by atoms with Crippen molar-refractivity contribution < 1.29 is 9.59 Å². The maximum absolute atomic E-state index is 12.2. The summed E-state index contributed by atoms with van der Waals surface area (Å²) in [6.07, 6.45) is 1.99. The van der Waals surface area contributed by atoms with Crippen molar-refractivity contribution in [3.63, 3.8) is 0 Å². The highest BCUT2D eigenvalue weighted by Gasteiger charge is 2.09. The summed E-state index contributed by atoms with van der Waals surface area (Å²) >= 11 is 0. The Hall–Kier alpha value is -2.62. The first-order chi connectivity index (χ1) is 11.1. The van der Waals surface area contributed by atoms with Gasteiger partial charge in [-0.15, -0.1) is 0 Å². The number of amides is 2. The summed E-state index contributed by atoms with van der Waals surface area (Å²) in [6, 6.07) is 14.4. The van der Waals surface area contributed by atoms with Crippen LogP contribution in [0.4, 0.5) is 5.69 Å². The van der Waals surface area contributed by atoms with Crippen LogP contribution in [0.25, 0.3) is 0 Å². The van der Waals surface area contributed by atoms with E-state index in [0.29, 0.717) is 23.4 Å². The van der Waals surface area contributed by atoms with Crippen LogP contribution in [-0.2, 0) is 0 Å². The molecule has 0 atom stereocenters. The van der Waals surface area contributed by atoms with E-state index in [1.54, 1.807) is 30.3 Å². The third-order valence-corrected chi connectivity index (χ3v) is 3.48. The smallest absolute Gasteiger partial charge is 0.255 e. The number of anilines is 1. The minimum atomic E-state index is -0.183. The van der Waals surface area contributed by atoms with Gasteiger partial charge in [0.05, 0.1) is 0 Å². The van der Waals surface area contributed by atoms with E-state index in [1.165, 1.54) is 0 Å². The number of nitrogens with one attached hydrogen (secondary N) is 2. The lowest BCUT2D eigenvalue weighted by Gasteiger charge is -2.08. The molecule has 0 heterocycles. The van der Waals surface area contributed by atoms with Crippen LogP contribution in [-0.4, -0.2) is 18.4 Å². The van der Waals surface area contributed by atoms with Crippen LogP contribution in [0.15, 0.2) is 48.5 Å². The molecule has 2 aromatic carbocycles. The molecule has 0 spiro atoms. The number of carbonyl (C=O) groups excluding carboxylic acids is 2. The van der Waals surface area contributed by atoms with Crippen LogP contribution < -0.4 is 10.6 Å². The standard InChI is InChI=1S/C19H22N2O2/c1-3-4-11-20-18(22)16-9-6-10-17(13-16)21-19(23)15-8-5-7-14(2)12-15/h5-10,12-13H,3-4,11H2,1-2H3,(H,20,22)(H,21,23). The minimum Gasteiger partial charge on any atom is -0.352 e. The molecule has 0 radical (unpaired) electrons. The van der Waals surface area contributed by atoms with Crippen LogP contribution >= 0.6 is 0 Å². The SMILES string of the molecule is CCCCNC(=O)c1cccc(NC(=O)c2cccc(C)c2)c1. The quantitative estimate of drug-likeness (QED) is 0.798. The molecular formula is C19H22N2O2. The Bertz CT molecular complexity index is 695. The fourth-order valence-corrected chi connectivity index (χ4v) is 2.21. The molecule has 120 valence electrons. The molecule has 0 aliphatic carbocycles. The Labute approximate surface area is 136 Å². The van der Waals surface area contributed by atoms with Gasteiger partial charge in [0, 0.05) is 23.4 Å². The van der Waals surface area contributed by atoms with Crippen molar-refractivity contribution in [2.75, 3.05) is 11.9 Å². The normalized spacial score (nSPS) is 10.2. The highest BCUT2D eigenvalue weighted by molar-refractivity contribution is 6.05. The molecule has 0 aliphatic rings. The van der Waals surface area contributed by atoms with Gasteiger partial charge < -0.3 is 10.6 Å². The first-order valence-electron chi connectivity index (χ1n) is 7.86. The van der Waals surface area contributed by atoms with Crippen molar-refractivity contribution >= 4 is 17.5 Å². The second-order valence-electron chi connectivity index (χ2n) is 5.51. The average molecular weight is 310 g/mol. The maximum Gasteiger partial charge on any atom is 0.255 e. The van der Waals surface area contributed by atoms with E-state index in [1.807, 2.05) is 25.1 Å².